The third-order valence-electron chi connectivity index (χ3n) is 2.84. The van der Waals surface area contributed by atoms with E-state index in [0.29, 0.717) is 5.92 Å². The Hall–Kier alpha value is -0.610. The van der Waals surface area contributed by atoms with E-state index >= 15 is 0 Å². The standard InChI is InChI=1S/C10H19NO3/c1-10(9(12)14-3)6-8(7-11-10)4-5-13-2/h8,11H,4-7H2,1-3H3. The smallest absolute Gasteiger partial charge is 0.325 e. The second-order valence-corrected chi connectivity index (χ2v) is 4.06. The minimum atomic E-state index is -0.493. The molecule has 0 aromatic heterocycles. The molecule has 0 aromatic carbocycles. The van der Waals surface area contributed by atoms with Gasteiger partial charge in [-0.15, -0.1) is 0 Å². The van der Waals surface area contributed by atoms with Crippen molar-refractivity contribution < 1.29 is 14.3 Å². The Bertz CT molecular complexity index is 208. The van der Waals surface area contributed by atoms with Crippen molar-refractivity contribution in [3.63, 3.8) is 0 Å². The molecule has 0 radical (unpaired) electrons. The Morgan fingerprint density at radius 2 is 2.29 bits per heavy atom. The Labute approximate surface area is 85.0 Å². The van der Waals surface area contributed by atoms with Crippen LogP contribution in [0.5, 0.6) is 0 Å². The van der Waals surface area contributed by atoms with Gasteiger partial charge in [0, 0.05) is 13.7 Å². The lowest BCUT2D eigenvalue weighted by Crippen LogP contribution is -2.45. The lowest BCUT2D eigenvalue weighted by molar-refractivity contribution is -0.147. The maximum Gasteiger partial charge on any atom is 0.325 e. The average molecular weight is 201 g/mol. The van der Waals surface area contributed by atoms with E-state index < -0.39 is 5.54 Å². The van der Waals surface area contributed by atoms with Crippen molar-refractivity contribution in [3.8, 4) is 0 Å². The minimum Gasteiger partial charge on any atom is -0.468 e. The molecule has 0 aromatic rings. The van der Waals surface area contributed by atoms with E-state index in [4.69, 9.17) is 9.47 Å². The molecular weight excluding hydrogens is 182 g/mol. The van der Waals surface area contributed by atoms with Gasteiger partial charge in [0.2, 0.25) is 0 Å². The van der Waals surface area contributed by atoms with Crippen molar-refractivity contribution in [2.75, 3.05) is 27.4 Å². The summed E-state index contributed by atoms with van der Waals surface area (Å²) in [5.74, 6) is 0.344. The first-order valence-corrected chi connectivity index (χ1v) is 4.95. The van der Waals surface area contributed by atoms with Crippen LogP contribution in [0.3, 0.4) is 0 Å². The maximum absolute atomic E-state index is 11.4. The number of carbonyl (C=O) groups excluding carboxylic acids is 1. The first kappa shape index (κ1) is 11.5. The predicted octanol–water partition coefficient (Wildman–Crippen LogP) is 0.564. The Balaban J connectivity index is 2.42. The molecule has 1 aliphatic heterocycles. The third kappa shape index (κ3) is 2.45. The molecule has 1 heterocycles. The quantitative estimate of drug-likeness (QED) is 0.675. The van der Waals surface area contributed by atoms with Crippen LogP contribution in [0.25, 0.3) is 0 Å². The number of methoxy groups -OCH3 is 2. The zero-order valence-electron chi connectivity index (χ0n) is 9.13. The number of rotatable bonds is 4. The summed E-state index contributed by atoms with van der Waals surface area (Å²) in [7, 11) is 3.12. The molecule has 0 bridgehead atoms. The average Bonchev–Trinajstić information content (AvgIpc) is 2.57. The van der Waals surface area contributed by atoms with Crippen LogP contribution in [-0.2, 0) is 14.3 Å². The van der Waals surface area contributed by atoms with Gasteiger partial charge in [0.15, 0.2) is 0 Å². The summed E-state index contributed by atoms with van der Waals surface area (Å²) in [6.07, 6.45) is 1.83. The molecule has 0 aliphatic carbocycles. The molecule has 2 atom stereocenters. The first-order chi connectivity index (χ1) is 6.62. The van der Waals surface area contributed by atoms with E-state index in [1.807, 2.05) is 6.92 Å². The molecule has 1 saturated heterocycles. The molecule has 2 unspecified atom stereocenters. The lowest BCUT2D eigenvalue weighted by Gasteiger charge is -2.20. The van der Waals surface area contributed by atoms with E-state index in [0.717, 1.165) is 26.0 Å². The highest BCUT2D eigenvalue weighted by Crippen LogP contribution is 2.27. The topological polar surface area (TPSA) is 47.6 Å². The highest BCUT2D eigenvalue weighted by Gasteiger charge is 2.41. The number of ether oxygens (including phenoxy) is 2. The van der Waals surface area contributed by atoms with Crippen LogP contribution in [0.1, 0.15) is 19.8 Å². The molecule has 1 aliphatic rings. The van der Waals surface area contributed by atoms with Gasteiger partial charge in [-0.3, -0.25) is 4.79 Å². The molecule has 4 nitrogen and oxygen atoms in total. The van der Waals surface area contributed by atoms with Gasteiger partial charge in [0.05, 0.1) is 7.11 Å². The minimum absolute atomic E-state index is 0.169. The van der Waals surface area contributed by atoms with Crippen molar-refractivity contribution in [1.29, 1.82) is 0 Å². The summed E-state index contributed by atoms with van der Waals surface area (Å²) in [5.41, 5.74) is -0.493. The molecule has 1 fully saturated rings. The molecule has 1 N–H and O–H groups in total. The summed E-state index contributed by atoms with van der Waals surface area (Å²) < 4.78 is 9.77. The van der Waals surface area contributed by atoms with E-state index in [9.17, 15) is 4.79 Å². The van der Waals surface area contributed by atoms with Crippen molar-refractivity contribution in [1.82, 2.24) is 5.32 Å². The normalized spacial score (nSPS) is 31.8. The van der Waals surface area contributed by atoms with Gasteiger partial charge in [-0.2, -0.15) is 0 Å². The van der Waals surface area contributed by atoms with Gasteiger partial charge in [-0.25, -0.2) is 0 Å². The molecule has 1 rings (SSSR count). The largest absolute Gasteiger partial charge is 0.468 e. The van der Waals surface area contributed by atoms with E-state index in [1.54, 1.807) is 7.11 Å². The molecule has 0 amide bonds. The van der Waals surface area contributed by atoms with E-state index in [-0.39, 0.29) is 5.97 Å². The first-order valence-electron chi connectivity index (χ1n) is 4.95. The van der Waals surface area contributed by atoms with Crippen molar-refractivity contribution in [3.05, 3.63) is 0 Å². The van der Waals surface area contributed by atoms with Crippen LogP contribution >= 0.6 is 0 Å². The van der Waals surface area contributed by atoms with Gasteiger partial charge in [-0.05, 0) is 32.2 Å². The van der Waals surface area contributed by atoms with Gasteiger partial charge in [0.1, 0.15) is 5.54 Å². The molecule has 4 heteroatoms. The van der Waals surface area contributed by atoms with Crippen LogP contribution < -0.4 is 5.32 Å². The second-order valence-electron chi connectivity index (χ2n) is 4.06. The maximum atomic E-state index is 11.4. The van der Waals surface area contributed by atoms with Gasteiger partial charge in [-0.1, -0.05) is 0 Å². The summed E-state index contributed by atoms with van der Waals surface area (Å²) in [5, 5.41) is 3.21. The predicted molar refractivity (Wildman–Crippen MR) is 53.0 cm³/mol. The van der Waals surface area contributed by atoms with Gasteiger partial charge < -0.3 is 14.8 Å². The monoisotopic (exact) mass is 201 g/mol. The fraction of sp³-hybridized carbons (Fsp3) is 0.900. The molecule has 0 spiro atoms. The number of carbonyl (C=O) groups is 1. The van der Waals surface area contributed by atoms with Gasteiger partial charge >= 0.3 is 5.97 Å². The summed E-state index contributed by atoms with van der Waals surface area (Å²) >= 11 is 0. The van der Waals surface area contributed by atoms with E-state index in [1.165, 1.54) is 7.11 Å². The highest BCUT2D eigenvalue weighted by atomic mass is 16.5. The molecule has 82 valence electrons. The number of esters is 1. The number of hydrogen-bond donors (Lipinski definition) is 1. The van der Waals surface area contributed by atoms with Crippen LogP contribution in [0.2, 0.25) is 0 Å². The Kier molecular flexibility index (Phi) is 3.89. The lowest BCUT2D eigenvalue weighted by atomic mass is 9.93. The molecular formula is C10H19NO3. The van der Waals surface area contributed by atoms with Crippen LogP contribution in [0.4, 0.5) is 0 Å². The van der Waals surface area contributed by atoms with Crippen molar-refractivity contribution >= 4 is 5.97 Å². The highest BCUT2D eigenvalue weighted by molar-refractivity contribution is 5.80. The number of hydrogen-bond acceptors (Lipinski definition) is 4. The summed E-state index contributed by atoms with van der Waals surface area (Å²) in [4.78, 5) is 11.4. The van der Waals surface area contributed by atoms with Crippen molar-refractivity contribution in [2.45, 2.75) is 25.3 Å². The fourth-order valence-corrected chi connectivity index (χ4v) is 1.96. The molecule has 0 saturated carbocycles. The fourth-order valence-electron chi connectivity index (χ4n) is 1.96. The summed E-state index contributed by atoms with van der Waals surface area (Å²) in [6, 6.07) is 0. The molecule has 14 heavy (non-hydrogen) atoms. The zero-order chi connectivity index (χ0) is 10.6. The second kappa shape index (κ2) is 4.75. The van der Waals surface area contributed by atoms with Crippen LogP contribution in [0.15, 0.2) is 0 Å². The van der Waals surface area contributed by atoms with Crippen LogP contribution in [-0.4, -0.2) is 38.9 Å². The van der Waals surface area contributed by atoms with E-state index in [2.05, 4.69) is 5.32 Å². The Morgan fingerprint density at radius 1 is 1.57 bits per heavy atom. The number of nitrogens with one attached hydrogen (secondary N) is 1. The van der Waals surface area contributed by atoms with Crippen LogP contribution in [0, 0.1) is 5.92 Å². The Morgan fingerprint density at radius 3 is 2.86 bits per heavy atom. The third-order valence-corrected chi connectivity index (χ3v) is 2.84. The van der Waals surface area contributed by atoms with Crippen molar-refractivity contribution in [2.24, 2.45) is 5.92 Å². The zero-order valence-corrected chi connectivity index (χ0v) is 9.13. The summed E-state index contributed by atoms with van der Waals surface area (Å²) in [6.45, 7) is 3.52. The SMILES string of the molecule is COCCC1CNC(C)(C(=O)OC)C1. The van der Waals surface area contributed by atoms with Gasteiger partial charge in [0.25, 0.3) is 0 Å².